The standard InChI is InChI=1S/C19H22O5/c1-5-11(2)18(21)22-15-10-13-14(24-19(15,3)4)8-6-12-7-9-16(20)23-17(12)13/h5-6,8,15H,7,9-10H2,1-4H3/b11-5-. The van der Waals surface area contributed by atoms with Crippen molar-refractivity contribution >= 4 is 11.9 Å². The number of fused-ring (bicyclic) bond motifs is 3. The second kappa shape index (κ2) is 5.96. The molecule has 0 saturated heterocycles. The van der Waals surface area contributed by atoms with Crippen molar-refractivity contribution in [2.75, 3.05) is 0 Å². The van der Waals surface area contributed by atoms with Gasteiger partial charge in [-0.2, -0.15) is 0 Å². The fourth-order valence-electron chi connectivity index (χ4n) is 2.98. The number of rotatable bonds is 2. The quantitative estimate of drug-likeness (QED) is 0.474. The Kier molecular flexibility index (Phi) is 4.11. The third-order valence-electron chi connectivity index (χ3n) is 4.66. The van der Waals surface area contributed by atoms with Crippen LogP contribution >= 0.6 is 0 Å². The number of carbonyl (C=O) groups excluding carboxylic acids is 2. The lowest BCUT2D eigenvalue weighted by molar-refractivity contribution is -0.156. The Morgan fingerprint density at radius 2 is 2.08 bits per heavy atom. The van der Waals surface area contributed by atoms with E-state index in [9.17, 15) is 9.59 Å². The highest BCUT2D eigenvalue weighted by Crippen LogP contribution is 2.43. The van der Waals surface area contributed by atoms with Gasteiger partial charge >= 0.3 is 11.9 Å². The zero-order valence-corrected chi connectivity index (χ0v) is 14.5. The predicted molar refractivity (Wildman–Crippen MR) is 88.1 cm³/mol. The molecular weight excluding hydrogens is 308 g/mol. The molecule has 1 atom stereocenters. The van der Waals surface area contributed by atoms with Crippen molar-refractivity contribution in [2.45, 2.75) is 58.7 Å². The predicted octanol–water partition coefficient (Wildman–Crippen LogP) is 3.13. The molecule has 0 N–H and O–H groups in total. The molecular formula is C19H22O5. The van der Waals surface area contributed by atoms with Gasteiger partial charge in [-0.25, -0.2) is 4.79 Å². The summed E-state index contributed by atoms with van der Waals surface area (Å²) in [5.41, 5.74) is 1.68. The van der Waals surface area contributed by atoms with Crippen LogP contribution in [-0.2, 0) is 27.2 Å². The second-order valence-electron chi connectivity index (χ2n) is 6.78. The Balaban J connectivity index is 1.94. The van der Waals surface area contributed by atoms with Gasteiger partial charge in [0.1, 0.15) is 23.2 Å². The van der Waals surface area contributed by atoms with Gasteiger partial charge in [-0.3, -0.25) is 4.79 Å². The molecule has 2 aliphatic heterocycles. The van der Waals surface area contributed by atoms with E-state index in [2.05, 4.69) is 0 Å². The molecule has 0 radical (unpaired) electrons. The molecule has 1 unspecified atom stereocenters. The Labute approximate surface area is 141 Å². The van der Waals surface area contributed by atoms with E-state index >= 15 is 0 Å². The van der Waals surface area contributed by atoms with Gasteiger partial charge in [-0.15, -0.1) is 0 Å². The maximum Gasteiger partial charge on any atom is 0.333 e. The molecule has 1 aromatic rings. The molecule has 0 saturated carbocycles. The van der Waals surface area contributed by atoms with E-state index in [4.69, 9.17) is 14.2 Å². The molecule has 2 heterocycles. The maximum absolute atomic E-state index is 12.2. The average molecular weight is 330 g/mol. The topological polar surface area (TPSA) is 61.8 Å². The van der Waals surface area contributed by atoms with Crippen LogP contribution in [0.5, 0.6) is 11.5 Å². The van der Waals surface area contributed by atoms with Gasteiger partial charge in [-0.1, -0.05) is 12.1 Å². The van der Waals surface area contributed by atoms with Crippen LogP contribution in [-0.4, -0.2) is 23.6 Å². The highest BCUT2D eigenvalue weighted by atomic mass is 16.6. The minimum Gasteiger partial charge on any atom is -0.484 e. The number of aryl methyl sites for hydroxylation is 1. The van der Waals surface area contributed by atoms with Crippen LogP contribution in [0.4, 0.5) is 0 Å². The van der Waals surface area contributed by atoms with Gasteiger partial charge in [0.15, 0.2) is 0 Å². The van der Waals surface area contributed by atoms with E-state index in [0.717, 1.165) is 11.1 Å². The molecule has 0 amide bonds. The largest absolute Gasteiger partial charge is 0.484 e. The van der Waals surface area contributed by atoms with Gasteiger partial charge in [0.25, 0.3) is 0 Å². The minimum absolute atomic E-state index is 0.237. The SMILES string of the molecule is C/C=C(/C)C(=O)OC1Cc2c(ccc3c2OC(=O)CC3)OC1(C)C. The van der Waals surface area contributed by atoms with Crippen molar-refractivity contribution in [1.82, 2.24) is 0 Å². The molecule has 0 spiro atoms. The molecule has 5 heteroatoms. The first-order valence-corrected chi connectivity index (χ1v) is 8.20. The monoisotopic (exact) mass is 330 g/mol. The smallest absolute Gasteiger partial charge is 0.333 e. The Morgan fingerprint density at radius 3 is 2.79 bits per heavy atom. The summed E-state index contributed by atoms with van der Waals surface area (Å²) in [6, 6.07) is 3.84. The van der Waals surface area contributed by atoms with Crippen LogP contribution in [0.3, 0.4) is 0 Å². The van der Waals surface area contributed by atoms with Crippen LogP contribution in [0, 0.1) is 0 Å². The summed E-state index contributed by atoms with van der Waals surface area (Å²) in [5.74, 6) is 0.662. The third kappa shape index (κ3) is 2.90. The van der Waals surface area contributed by atoms with E-state index in [1.54, 1.807) is 19.9 Å². The number of hydrogen-bond acceptors (Lipinski definition) is 5. The fourth-order valence-corrected chi connectivity index (χ4v) is 2.98. The first-order chi connectivity index (χ1) is 11.3. The van der Waals surface area contributed by atoms with Gasteiger partial charge in [-0.05, 0) is 45.7 Å². The van der Waals surface area contributed by atoms with E-state index < -0.39 is 11.7 Å². The Morgan fingerprint density at radius 1 is 1.33 bits per heavy atom. The van der Waals surface area contributed by atoms with Crippen LogP contribution in [0.2, 0.25) is 0 Å². The molecule has 2 aliphatic rings. The second-order valence-corrected chi connectivity index (χ2v) is 6.78. The lowest BCUT2D eigenvalue weighted by atomic mass is 9.88. The molecule has 0 bridgehead atoms. The Hall–Kier alpha value is -2.30. The molecule has 0 aliphatic carbocycles. The van der Waals surface area contributed by atoms with Crippen molar-refractivity contribution < 1.29 is 23.8 Å². The average Bonchev–Trinajstić information content (AvgIpc) is 2.54. The molecule has 1 aromatic carbocycles. The highest BCUT2D eigenvalue weighted by molar-refractivity contribution is 5.87. The van der Waals surface area contributed by atoms with Gasteiger partial charge < -0.3 is 14.2 Å². The summed E-state index contributed by atoms with van der Waals surface area (Å²) in [5, 5.41) is 0. The molecule has 0 aromatic heterocycles. The van der Waals surface area contributed by atoms with E-state index in [1.807, 2.05) is 26.0 Å². The normalized spacial score (nSPS) is 21.9. The zero-order chi connectivity index (χ0) is 17.5. The first kappa shape index (κ1) is 16.6. The van der Waals surface area contributed by atoms with E-state index in [-0.39, 0.29) is 11.9 Å². The van der Waals surface area contributed by atoms with Crippen molar-refractivity contribution in [2.24, 2.45) is 0 Å². The zero-order valence-electron chi connectivity index (χ0n) is 14.5. The summed E-state index contributed by atoms with van der Waals surface area (Å²) < 4.78 is 17.2. The van der Waals surface area contributed by atoms with Crippen molar-refractivity contribution in [3.8, 4) is 11.5 Å². The molecule has 3 rings (SSSR count). The van der Waals surface area contributed by atoms with Crippen LogP contribution in [0.15, 0.2) is 23.8 Å². The summed E-state index contributed by atoms with van der Waals surface area (Å²) in [7, 11) is 0. The lowest BCUT2D eigenvalue weighted by Crippen LogP contribution is -2.49. The summed E-state index contributed by atoms with van der Waals surface area (Å²) in [6.07, 6.45) is 2.77. The summed E-state index contributed by atoms with van der Waals surface area (Å²) >= 11 is 0. The molecule has 128 valence electrons. The maximum atomic E-state index is 12.2. The molecule has 0 fully saturated rings. The minimum atomic E-state index is -0.663. The number of hydrogen-bond donors (Lipinski definition) is 0. The first-order valence-electron chi connectivity index (χ1n) is 8.20. The van der Waals surface area contributed by atoms with Crippen LogP contribution in [0.25, 0.3) is 0 Å². The number of esters is 2. The van der Waals surface area contributed by atoms with Crippen LogP contribution < -0.4 is 9.47 Å². The van der Waals surface area contributed by atoms with E-state index in [1.165, 1.54) is 0 Å². The Bertz CT molecular complexity index is 730. The fraction of sp³-hybridized carbons (Fsp3) is 0.474. The van der Waals surface area contributed by atoms with Gasteiger partial charge in [0.05, 0.1) is 6.42 Å². The number of benzene rings is 1. The summed E-state index contributed by atoms with van der Waals surface area (Å²) in [4.78, 5) is 23.8. The number of allylic oxidation sites excluding steroid dienone is 1. The molecule has 5 nitrogen and oxygen atoms in total. The van der Waals surface area contributed by atoms with Gasteiger partial charge in [0, 0.05) is 17.6 Å². The summed E-state index contributed by atoms with van der Waals surface area (Å²) in [6.45, 7) is 7.30. The lowest BCUT2D eigenvalue weighted by Gasteiger charge is -2.40. The number of ether oxygens (including phenoxy) is 3. The van der Waals surface area contributed by atoms with E-state index in [0.29, 0.717) is 36.3 Å². The van der Waals surface area contributed by atoms with Crippen molar-refractivity contribution in [3.63, 3.8) is 0 Å². The van der Waals surface area contributed by atoms with Crippen molar-refractivity contribution in [1.29, 1.82) is 0 Å². The van der Waals surface area contributed by atoms with Crippen molar-refractivity contribution in [3.05, 3.63) is 34.9 Å². The third-order valence-corrected chi connectivity index (χ3v) is 4.66. The van der Waals surface area contributed by atoms with Crippen LogP contribution in [0.1, 0.15) is 45.2 Å². The highest BCUT2D eigenvalue weighted by Gasteiger charge is 2.42. The van der Waals surface area contributed by atoms with Gasteiger partial charge in [0.2, 0.25) is 0 Å². The number of carbonyl (C=O) groups is 2. The molecule has 24 heavy (non-hydrogen) atoms.